The third-order valence-electron chi connectivity index (χ3n) is 4.77. The first-order chi connectivity index (χ1) is 10.1. The molecule has 1 saturated heterocycles. The molecule has 6 heteroatoms. The van der Waals surface area contributed by atoms with Crippen LogP contribution in [0.1, 0.15) is 55.7 Å². The molecule has 3 rings (SSSR count). The van der Waals surface area contributed by atoms with Crippen LogP contribution in [0.2, 0.25) is 0 Å². The Bertz CT molecular complexity index is 485. The molecule has 1 atom stereocenters. The Labute approximate surface area is 126 Å². The lowest BCUT2D eigenvalue weighted by Gasteiger charge is -2.26. The van der Waals surface area contributed by atoms with Crippen LogP contribution in [0.3, 0.4) is 0 Å². The third kappa shape index (κ3) is 3.32. The van der Waals surface area contributed by atoms with Crippen LogP contribution < -0.4 is 5.73 Å². The minimum atomic E-state index is 0.211. The molecule has 0 aromatic carbocycles. The van der Waals surface area contributed by atoms with E-state index in [1.54, 1.807) is 0 Å². The van der Waals surface area contributed by atoms with Gasteiger partial charge in [0.15, 0.2) is 5.82 Å². The number of aromatic nitrogens is 3. The Morgan fingerprint density at radius 1 is 0.952 bits per heavy atom. The van der Waals surface area contributed by atoms with Gasteiger partial charge in [-0.25, -0.2) is 4.98 Å². The van der Waals surface area contributed by atoms with Gasteiger partial charge in [0.1, 0.15) is 5.82 Å². The predicted molar refractivity (Wildman–Crippen MR) is 82.9 cm³/mol. The maximum absolute atomic E-state index is 5.96. The molecular formula is C15H26N6. The molecule has 1 unspecified atom stereocenters. The summed E-state index contributed by atoms with van der Waals surface area (Å²) in [6.45, 7) is 3.14. The highest BCUT2D eigenvalue weighted by molar-refractivity contribution is 5.19. The highest BCUT2D eigenvalue weighted by atomic mass is 15.2. The summed E-state index contributed by atoms with van der Waals surface area (Å²) in [6.07, 6.45) is 6.10. The summed E-state index contributed by atoms with van der Waals surface area (Å²) >= 11 is 0. The van der Waals surface area contributed by atoms with E-state index < -0.39 is 0 Å². The molecule has 1 aliphatic heterocycles. The quantitative estimate of drug-likeness (QED) is 0.888. The lowest BCUT2D eigenvalue weighted by Crippen LogP contribution is -2.32. The molecule has 0 amide bonds. The normalized spacial score (nSPS) is 26.1. The van der Waals surface area contributed by atoms with Crippen LogP contribution in [-0.4, -0.2) is 58.5 Å². The molecule has 0 bridgehead atoms. The second kappa shape index (κ2) is 6.23. The van der Waals surface area contributed by atoms with Gasteiger partial charge in [-0.2, -0.15) is 9.97 Å². The molecule has 6 nitrogen and oxygen atoms in total. The minimum absolute atomic E-state index is 0.211. The highest BCUT2D eigenvalue weighted by Crippen LogP contribution is 2.33. The van der Waals surface area contributed by atoms with E-state index in [4.69, 9.17) is 10.7 Å². The molecule has 2 N–H and O–H groups in total. The van der Waals surface area contributed by atoms with E-state index in [0.717, 1.165) is 31.3 Å². The van der Waals surface area contributed by atoms with Crippen molar-refractivity contribution in [2.24, 2.45) is 0 Å². The van der Waals surface area contributed by atoms with Crippen LogP contribution in [0.25, 0.3) is 0 Å². The molecule has 2 heterocycles. The van der Waals surface area contributed by atoms with Gasteiger partial charge in [0, 0.05) is 12.5 Å². The SMILES string of the molecule is CN1CCCN(C)C(c2nc(N)nc(C3CCCC3)n2)C1. The van der Waals surface area contributed by atoms with E-state index in [-0.39, 0.29) is 6.04 Å². The highest BCUT2D eigenvalue weighted by Gasteiger charge is 2.27. The van der Waals surface area contributed by atoms with Crippen molar-refractivity contribution in [3.05, 3.63) is 11.6 Å². The summed E-state index contributed by atoms with van der Waals surface area (Å²) < 4.78 is 0. The van der Waals surface area contributed by atoms with Gasteiger partial charge in [0.25, 0.3) is 0 Å². The molecule has 1 saturated carbocycles. The number of nitrogens with two attached hydrogens (primary N) is 1. The summed E-state index contributed by atoms with van der Waals surface area (Å²) in [7, 11) is 4.31. The Morgan fingerprint density at radius 2 is 1.67 bits per heavy atom. The van der Waals surface area contributed by atoms with Crippen molar-refractivity contribution >= 4 is 5.95 Å². The molecule has 0 radical (unpaired) electrons. The van der Waals surface area contributed by atoms with E-state index in [9.17, 15) is 0 Å². The van der Waals surface area contributed by atoms with Gasteiger partial charge in [0.2, 0.25) is 5.95 Å². The fourth-order valence-electron chi connectivity index (χ4n) is 3.49. The zero-order valence-corrected chi connectivity index (χ0v) is 13.1. The maximum atomic E-state index is 5.96. The van der Waals surface area contributed by atoms with Crippen molar-refractivity contribution in [3.8, 4) is 0 Å². The standard InChI is InChI=1S/C15H26N6/c1-20-8-5-9-21(2)12(10-20)14-17-13(18-15(16)19-14)11-6-3-4-7-11/h11-12H,3-10H2,1-2H3,(H2,16,17,18,19). The first-order valence-electron chi connectivity index (χ1n) is 8.03. The second-order valence-electron chi connectivity index (χ2n) is 6.50. The van der Waals surface area contributed by atoms with Crippen LogP contribution in [0.5, 0.6) is 0 Å². The van der Waals surface area contributed by atoms with E-state index >= 15 is 0 Å². The lowest BCUT2D eigenvalue weighted by atomic mass is 10.1. The number of rotatable bonds is 2. The molecule has 1 aromatic rings. The summed E-state index contributed by atoms with van der Waals surface area (Å²) in [5.41, 5.74) is 5.96. The number of hydrogen-bond donors (Lipinski definition) is 1. The van der Waals surface area contributed by atoms with Crippen molar-refractivity contribution in [2.75, 3.05) is 39.5 Å². The van der Waals surface area contributed by atoms with Crippen molar-refractivity contribution in [1.82, 2.24) is 24.8 Å². The minimum Gasteiger partial charge on any atom is -0.368 e. The second-order valence-corrected chi connectivity index (χ2v) is 6.50. The largest absolute Gasteiger partial charge is 0.368 e. The van der Waals surface area contributed by atoms with Crippen LogP contribution >= 0.6 is 0 Å². The van der Waals surface area contributed by atoms with Crippen LogP contribution in [0.15, 0.2) is 0 Å². The summed E-state index contributed by atoms with van der Waals surface area (Å²) in [5.74, 6) is 2.61. The average molecular weight is 290 g/mol. The molecule has 0 spiro atoms. The van der Waals surface area contributed by atoms with Crippen LogP contribution in [-0.2, 0) is 0 Å². The van der Waals surface area contributed by atoms with Crippen molar-refractivity contribution < 1.29 is 0 Å². The smallest absolute Gasteiger partial charge is 0.223 e. The fourth-order valence-corrected chi connectivity index (χ4v) is 3.49. The maximum Gasteiger partial charge on any atom is 0.223 e. The molecule has 1 aromatic heterocycles. The fraction of sp³-hybridized carbons (Fsp3) is 0.800. The van der Waals surface area contributed by atoms with Crippen molar-refractivity contribution in [2.45, 2.75) is 44.1 Å². The van der Waals surface area contributed by atoms with E-state index in [1.807, 2.05) is 0 Å². The average Bonchev–Trinajstić information content (AvgIpc) is 2.92. The number of nitrogens with zero attached hydrogens (tertiary/aromatic N) is 5. The molecular weight excluding hydrogens is 264 g/mol. The van der Waals surface area contributed by atoms with E-state index in [0.29, 0.717) is 11.9 Å². The van der Waals surface area contributed by atoms with Crippen molar-refractivity contribution in [3.63, 3.8) is 0 Å². The Morgan fingerprint density at radius 3 is 2.43 bits per heavy atom. The van der Waals surface area contributed by atoms with Gasteiger partial charge < -0.3 is 10.6 Å². The topological polar surface area (TPSA) is 71.2 Å². The monoisotopic (exact) mass is 290 g/mol. The Balaban J connectivity index is 1.89. The van der Waals surface area contributed by atoms with Gasteiger partial charge in [-0.3, -0.25) is 4.90 Å². The first-order valence-corrected chi connectivity index (χ1v) is 8.03. The molecule has 116 valence electrons. The van der Waals surface area contributed by atoms with Gasteiger partial charge in [-0.1, -0.05) is 12.8 Å². The van der Waals surface area contributed by atoms with Gasteiger partial charge in [-0.05, 0) is 46.4 Å². The number of nitrogen functional groups attached to an aromatic ring is 1. The summed E-state index contributed by atoms with van der Waals surface area (Å²) in [4.78, 5) is 18.3. The first kappa shape index (κ1) is 14.7. The zero-order valence-electron chi connectivity index (χ0n) is 13.1. The summed E-state index contributed by atoms with van der Waals surface area (Å²) in [5, 5.41) is 0. The molecule has 2 aliphatic rings. The number of likely N-dealkylation sites (N-methyl/N-ethyl adjacent to an activating group) is 2. The molecule has 1 aliphatic carbocycles. The van der Waals surface area contributed by atoms with Crippen LogP contribution in [0, 0.1) is 0 Å². The number of hydrogen-bond acceptors (Lipinski definition) is 6. The Kier molecular flexibility index (Phi) is 4.35. The van der Waals surface area contributed by atoms with E-state index in [2.05, 4.69) is 33.9 Å². The van der Waals surface area contributed by atoms with Crippen LogP contribution in [0.4, 0.5) is 5.95 Å². The van der Waals surface area contributed by atoms with Gasteiger partial charge in [0.05, 0.1) is 6.04 Å². The number of anilines is 1. The lowest BCUT2D eigenvalue weighted by molar-refractivity contribution is 0.219. The van der Waals surface area contributed by atoms with Crippen molar-refractivity contribution in [1.29, 1.82) is 0 Å². The predicted octanol–water partition coefficient (Wildman–Crippen LogP) is 1.42. The molecule has 2 fully saturated rings. The molecule has 21 heavy (non-hydrogen) atoms. The summed E-state index contributed by atoms with van der Waals surface area (Å²) in [6, 6.07) is 0.211. The third-order valence-corrected chi connectivity index (χ3v) is 4.77. The zero-order chi connectivity index (χ0) is 14.8. The van der Waals surface area contributed by atoms with E-state index in [1.165, 1.54) is 32.1 Å². The van der Waals surface area contributed by atoms with Gasteiger partial charge >= 0.3 is 0 Å². The Hall–Kier alpha value is -1.27. The van der Waals surface area contributed by atoms with Gasteiger partial charge in [-0.15, -0.1) is 0 Å².